The molecular formula is C20H25BrN2OS. The molecule has 1 heterocycles. The fourth-order valence-electron chi connectivity index (χ4n) is 3.17. The Kier molecular flexibility index (Phi) is 6.82. The molecule has 1 aliphatic rings. The van der Waals surface area contributed by atoms with Crippen molar-refractivity contribution in [3.05, 3.63) is 58.1 Å². The first-order chi connectivity index (χ1) is 12.2. The zero-order valence-electron chi connectivity index (χ0n) is 14.7. The van der Waals surface area contributed by atoms with Crippen molar-refractivity contribution in [3.8, 4) is 5.75 Å². The fraction of sp³-hybridized carbons (Fsp3) is 0.400. The van der Waals surface area contributed by atoms with Crippen molar-refractivity contribution in [1.82, 2.24) is 10.6 Å². The van der Waals surface area contributed by atoms with Crippen molar-refractivity contribution in [2.24, 2.45) is 0 Å². The fourth-order valence-corrected chi connectivity index (χ4v) is 4.64. The van der Waals surface area contributed by atoms with E-state index in [1.54, 1.807) is 7.11 Å². The van der Waals surface area contributed by atoms with Gasteiger partial charge in [0.15, 0.2) is 0 Å². The molecule has 2 unspecified atom stereocenters. The monoisotopic (exact) mass is 420 g/mol. The van der Waals surface area contributed by atoms with Gasteiger partial charge in [0.1, 0.15) is 5.75 Å². The Hall–Kier alpha value is -1.01. The molecule has 1 saturated heterocycles. The maximum atomic E-state index is 5.51. The minimum Gasteiger partial charge on any atom is -0.496 e. The first kappa shape index (κ1) is 18.8. The third-order valence-corrected chi connectivity index (χ3v) is 6.22. The Morgan fingerprint density at radius 2 is 2.08 bits per heavy atom. The Bertz CT molecular complexity index is 710. The van der Waals surface area contributed by atoms with Crippen molar-refractivity contribution in [2.45, 2.75) is 42.6 Å². The molecule has 25 heavy (non-hydrogen) atoms. The third kappa shape index (κ3) is 4.79. The van der Waals surface area contributed by atoms with Gasteiger partial charge in [-0.15, -0.1) is 11.8 Å². The molecule has 0 amide bonds. The highest BCUT2D eigenvalue weighted by Crippen LogP contribution is 2.34. The highest BCUT2D eigenvalue weighted by molar-refractivity contribution is 9.10. The zero-order valence-corrected chi connectivity index (χ0v) is 17.1. The van der Waals surface area contributed by atoms with Gasteiger partial charge in [-0.25, -0.2) is 0 Å². The Balaban J connectivity index is 1.76. The number of nitrogens with one attached hydrogen (secondary N) is 2. The second-order valence-electron chi connectivity index (χ2n) is 6.23. The summed E-state index contributed by atoms with van der Waals surface area (Å²) in [4.78, 5) is 1.31. The summed E-state index contributed by atoms with van der Waals surface area (Å²) in [6.45, 7) is 3.31. The predicted molar refractivity (Wildman–Crippen MR) is 109 cm³/mol. The number of methoxy groups -OCH3 is 1. The highest BCUT2D eigenvalue weighted by atomic mass is 79.9. The molecule has 5 heteroatoms. The van der Waals surface area contributed by atoms with Gasteiger partial charge in [0, 0.05) is 26.7 Å². The minimum atomic E-state index is 0.229. The largest absolute Gasteiger partial charge is 0.496 e. The van der Waals surface area contributed by atoms with E-state index < -0.39 is 0 Å². The van der Waals surface area contributed by atoms with E-state index in [1.165, 1.54) is 28.9 Å². The number of rotatable bonds is 6. The second-order valence-corrected chi connectivity index (χ2v) is 8.16. The molecule has 2 aromatic carbocycles. The number of ether oxygens (including phenoxy) is 1. The molecular weight excluding hydrogens is 396 g/mol. The molecule has 3 nitrogen and oxygen atoms in total. The average Bonchev–Trinajstić information content (AvgIpc) is 2.66. The van der Waals surface area contributed by atoms with Crippen LogP contribution in [0.3, 0.4) is 0 Å². The van der Waals surface area contributed by atoms with Crippen molar-refractivity contribution in [1.29, 1.82) is 0 Å². The number of benzene rings is 2. The standard InChI is InChI=1S/C20H25BrN2OS/c1-3-16-10-11-22-20(23-16)17-6-4-5-7-19(17)25-13-14-12-15(21)8-9-18(14)24-2/h4-9,12,16,20,22-23H,3,10-11,13H2,1-2H3. The molecule has 3 rings (SSSR count). The summed E-state index contributed by atoms with van der Waals surface area (Å²) < 4.78 is 6.59. The summed E-state index contributed by atoms with van der Waals surface area (Å²) in [5, 5.41) is 7.35. The van der Waals surface area contributed by atoms with Gasteiger partial charge in [-0.05, 0) is 49.2 Å². The molecule has 0 aromatic heterocycles. The summed E-state index contributed by atoms with van der Waals surface area (Å²) in [6.07, 6.45) is 2.59. The molecule has 1 fully saturated rings. The van der Waals surface area contributed by atoms with E-state index in [2.05, 4.69) is 63.8 Å². The first-order valence-corrected chi connectivity index (χ1v) is 10.5. The molecule has 0 saturated carbocycles. The van der Waals surface area contributed by atoms with E-state index in [0.29, 0.717) is 6.04 Å². The summed E-state index contributed by atoms with van der Waals surface area (Å²) in [6, 6.07) is 15.4. The maximum absolute atomic E-state index is 5.51. The lowest BCUT2D eigenvalue weighted by Gasteiger charge is -2.33. The molecule has 2 N–H and O–H groups in total. The van der Waals surface area contributed by atoms with Gasteiger partial charge in [-0.1, -0.05) is 41.1 Å². The van der Waals surface area contributed by atoms with E-state index in [4.69, 9.17) is 4.74 Å². The molecule has 1 aliphatic heterocycles. The summed E-state index contributed by atoms with van der Waals surface area (Å²) in [5.74, 6) is 1.82. The topological polar surface area (TPSA) is 33.3 Å². The highest BCUT2D eigenvalue weighted by Gasteiger charge is 2.22. The van der Waals surface area contributed by atoms with Crippen LogP contribution < -0.4 is 15.4 Å². The first-order valence-electron chi connectivity index (χ1n) is 8.74. The molecule has 2 aromatic rings. The lowest BCUT2D eigenvalue weighted by Crippen LogP contribution is -2.47. The number of hydrogen-bond donors (Lipinski definition) is 2. The molecule has 0 bridgehead atoms. The van der Waals surface area contributed by atoms with Gasteiger partial charge in [0.05, 0.1) is 13.3 Å². The SMILES string of the molecule is CCC1CCNC(c2ccccc2SCc2cc(Br)ccc2OC)N1. The lowest BCUT2D eigenvalue weighted by molar-refractivity contribution is 0.296. The van der Waals surface area contributed by atoms with Crippen LogP contribution in [-0.2, 0) is 5.75 Å². The molecule has 0 radical (unpaired) electrons. The lowest BCUT2D eigenvalue weighted by atomic mass is 10.0. The van der Waals surface area contributed by atoms with Crippen LogP contribution in [0, 0.1) is 0 Å². The predicted octanol–water partition coefficient (Wildman–Crippen LogP) is 5.11. The van der Waals surface area contributed by atoms with Gasteiger partial charge >= 0.3 is 0 Å². The summed E-state index contributed by atoms with van der Waals surface area (Å²) >= 11 is 5.42. The molecule has 2 atom stereocenters. The molecule has 134 valence electrons. The van der Waals surface area contributed by atoms with Crippen molar-refractivity contribution in [3.63, 3.8) is 0 Å². The second kappa shape index (κ2) is 9.08. The van der Waals surface area contributed by atoms with Gasteiger partial charge in [-0.3, -0.25) is 10.6 Å². The quantitative estimate of drug-likeness (QED) is 0.635. The summed E-state index contributed by atoms with van der Waals surface area (Å²) in [7, 11) is 1.73. The van der Waals surface area contributed by atoms with Crippen LogP contribution in [0.25, 0.3) is 0 Å². The van der Waals surface area contributed by atoms with Gasteiger partial charge < -0.3 is 4.74 Å². The van der Waals surface area contributed by atoms with E-state index in [9.17, 15) is 0 Å². The summed E-state index contributed by atoms with van der Waals surface area (Å²) in [5.41, 5.74) is 2.53. The smallest absolute Gasteiger partial charge is 0.122 e. The van der Waals surface area contributed by atoms with Crippen LogP contribution in [0.1, 0.15) is 37.1 Å². The molecule has 0 aliphatic carbocycles. The number of hydrogen-bond acceptors (Lipinski definition) is 4. The van der Waals surface area contributed by atoms with Gasteiger partial charge in [-0.2, -0.15) is 0 Å². The number of halogens is 1. The third-order valence-electron chi connectivity index (χ3n) is 4.59. The Labute approximate surface area is 163 Å². The van der Waals surface area contributed by atoms with E-state index in [-0.39, 0.29) is 6.17 Å². The van der Waals surface area contributed by atoms with Crippen molar-refractivity contribution in [2.75, 3.05) is 13.7 Å². The Morgan fingerprint density at radius 3 is 2.88 bits per heavy atom. The van der Waals surface area contributed by atoms with Crippen LogP contribution >= 0.6 is 27.7 Å². The van der Waals surface area contributed by atoms with Crippen LogP contribution in [0.15, 0.2) is 51.8 Å². The number of thioether (sulfide) groups is 1. The normalized spacial score (nSPS) is 20.4. The molecule has 0 spiro atoms. The van der Waals surface area contributed by atoms with E-state index >= 15 is 0 Å². The van der Waals surface area contributed by atoms with Gasteiger partial charge in [0.25, 0.3) is 0 Å². The van der Waals surface area contributed by atoms with Crippen LogP contribution in [0.4, 0.5) is 0 Å². The maximum Gasteiger partial charge on any atom is 0.122 e. The zero-order chi connectivity index (χ0) is 17.6. The van der Waals surface area contributed by atoms with E-state index in [1.807, 2.05) is 23.9 Å². The minimum absolute atomic E-state index is 0.229. The van der Waals surface area contributed by atoms with Gasteiger partial charge in [0.2, 0.25) is 0 Å². The van der Waals surface area contributed by atoms with Crippen LogP contribution in [-0.4, -0.2) is 19.7 Å². The Morgan fingerprint density at radius 1 is 1.24 bits per heavy atom. The van der Waals surface area contributed by atoms with Crippen molar-refractivity contribution < 1.29 is 4.74 Å². The average molecular weight is 421 g/mol. The van der Waals surface area contributed by atoms with Crippen molar-refractivity contribution >= 4 is 27.7 Å². The van der Waals surface area contributed by atoms with Crippen LogP contribution in [0.5, 0.6) is 5.75 Å². The van der Waals surface area contributed by atoms with E-state index in [0.717, 1.165) is 22.5 Å². The van der Waals surface area contributed by atoms with Crippen LogP contribution in [0.2, 0.25) is 0 Å².